The van der Waals surface area contributed by atoms with Gasteiger partial charge in [-0.15, -0.1) is 11.3 Å². The molecule has 0 spiro atoms. The summed E-state index contributed by atoms with van der Waals surface area (Å²) in [5.74, 6) is -2.13. The summed E-state index contributed by atoms with van der Waals surface area (Å²) in [7, 11) is 0. The van der Waals surface area contributed by atoms with Crippen LogP contribution in [0.15, 0.2) is 35.7 Å². The van der Waals surface area contributed by atoms with E-state index in [0.717, 1.165) is 39.5 Å². The second kappa shape index (κ2) is 7.08. The fourth-order valence-corrected chi connectivity index (χ4v) is 4.24. The quantitative estimate of drug-likeness (QED) is 0.437. The molecule has 0 unspecified atom stereocenters. The molecule has 6 nitrogen and oxygen atoms in total. The van der Waals surface area contributed by atoms with E-state index in [0.29, 0.717) is 12.0 Å². The van der Waals surface area contributed by atoms with Crippen molar-refractivity contribution in [1.82, 2.24) is 9.80 Å². The van der Waals surface area contributed by atoms with Crippen LogP contribution in [-0.2, 0) is 28.9 Å². The van der Waals surface area contributed by atoms with Crippen molar-refractivity contribution in [2.75, 3.05) is 13.1 Å². The third-order valence-electron chi connectivity index (χ3n) is 5.02. The maximum Gasteiger partial charge on any atom is 0.334 e. The number of nitrogens with zero attached hydrogens (tertiary/aromatic N) is 2. The lowest BCUT2D eigenvalue weighted by atomic mass is 10.0. The number of amides is 4. The van der Waals surface area contributed by atoms with Crippen molar-refractivity contribution in [3.05, 3.63) is 57.3 Å². The van der Waals surface area contributed by atoms with E-state index in [4.69, 9.17) is 0 Å². The highest BCUT2D eigenvalue weighted by atomic mass is 32.1. The number of urea groups is 1. The normalized spacial score (nSPS) is 16.4. The van der Waals surface area contributed by atoms with E-state index in [1.54, 1.807) is 6.07 Å². The van der Waals surface area contributed by atoms with Crippen LogP contribution >= 0.6 is 11.3 Å². The van der Waals surface area contributed by atoms with E-state index in [2.05, 4.69) is 0 Å². The third kappa shape index (κ3) is 3.30. The van der Waals surface area contributed by atoms with Gasteiger partial charge in [0.15, 0.2) is 5.78 Å². The van der Waals surface area contributed by atoms with E-state index in [-0.39, 0.29) is 12.3 Å². The van der Waals surface area contributed by atoms with Gasteiger partial charge < -0.3 is 0 Å². The molecular formula is C20H18N2O4S. The summed E-state index contributed by atoms with van der Waals surface area (Å²) in [5.41, 5.74) is 2.86. The Labute approximate surface area is 160 Å². The summed E-state index contributed by atoms with van der Waals surface area (Å²) in [6, 6.07) is 8.59. The fourth-order valence-electron chi connectivity index (χ4n) is 3.54. The summed E-state index contributed by atoms with van der Waals surface area (Å²) in [6.45, 7) is -0.273. The molecule has 2 heterocycles. The molecule has 1 fully saturated rings. The predicted molar refractivity (Wildman–Crippen MR) is 99.6 cm³/mol. The molecule has 0 atom stereocenters. The average molecular weight is 382 g/mol. The highest BCUT2D eigenvalue weighted by molar-refractivity contribution is 7.09. The van der Waals surface area contributed by atoms with Crippen LogP contribution in [0.3, 0.4) is 0 Å². The van der Waals surface area contributed by atoms with Gasteiger partial charge in [0.25, 0.3) is 0 Å². The van der Waals surface area contributed by atoms with E-state index in [1.165, 1.54) is 16.9 Å². The summed E-state index contributed by atoms with van der Waals surface area (Å²) in [6.07, 6.45) is 3.52. The Morgan fingerprint density at radius 1 is 1.00 bits per heavy atom. The number of imide groups is 2. The van der Waals surface area contributed by atoms with Crippen LogP contribution in [0, 0.1) is 0 Å². The molecule has 1 aromatic carbocycles. The van der Waals surface area contributed by atoms with E-state index in [9.17, 15) is 19.2 Å². The van der Waals surface area contributed by atoms with Crippen molar-refractivity contribution in [3.8, 4) is 0 Å². The molecule has 0 N–H and O–H groups in total. The first-order valence-electron chi connectivity index (χ1n) is 8.89. The van der Waals surface area contributed by atoms with E-state index >= 15 is 0 Å². The second-order valence-electron chi connectivity index (χ2n) is 6.72. The number of hydrogen-bond donors (Lipinski definition) is 0. The Balaban J connectivity index is 1.45. The fraction of sp³-hybridized carbons (Fsp3) is 0.300. The maximum absolute atomic E-state index is 12.6. The lowest BCUT2D eigenvalue weighted by molar-refractivity contribution is -0.143. The van der Waals surface area contributed by atoms with Crippen LogP contribution in [0.2, 0.25) is 0 Å². The summed E-state index contributed by atoms with van der Waals surface area (Å²) < 4.78 is 0. The molecule has 2 aromatic rings. The van der Waals surface area contributed by atoms with Crippen molar-refractivity contribution < 1.29 is 19.2 Å². The standard InChI is InChI=1S/C20H18N2O4S/c23-17(15-7-6-13-3-1-4-14(13)11-15)12-22-19(25)18(24)21(20(22)26)9-8-16-5-2-10-27-16/h2,5-7,10-11H,1,3-4,8-9,12H2. The molecule has 1 aromatic heterocycles. The Kier molecular flexibility index (Phi) is 4.61. The van der Waals surface area contributed by atoms with E-state index in [1.807, 2.05) is 29.6 Å². The average Bonchev–Trinajstić information content (AvgIpc) is 3.38. The molecule has 1 aliphatic carbocycles. The van der Waals surface area contributed by atoms with Crippen LogP contribution in [0.1, 0.15) is 32.8 Å². The number of ketones is 1. The number of thiophene rings is 1. The molecule has 0 saturated carbocycles. The second-order valence-corrected chi connectivity index (χ2v) is 7.75. The first kappa shape index (κ1) is 17.6. The number of aryl methyl sites for hydroxylation is 2. The van der Waals surface area contributed by atoms with Crippen LogP contribution in [-0.4, -0.2) is 46.5 Å². The largest absolute Gasteiger partial charge is 0.334 e. The zero-order chi connectivity index (χ0) is 19.0. The molecule has 1 saturated heterocycles. The van der Waals surface area contributed by atoms with Gasteiger partial charge in [0.1, 0.15) is 0 Å². The predicted octanol–water partition coefficient (Wildman–Crippen LogP) is 2.45. The molecule has 0 radical (unpaired) electrons. The maximum atomic E-state index is 12.6. The molecule has 27 heavy (non-hydrogen) atoms. The van der Waals surface area contributed by atoms with Gasteiger partial charge in [-0.2, -0.15) is 0 Å². The van der Waals surface area contributed by atoms with Gasteiger partial charge in [0.2, 0.25) is 0 Å². The van der Waals surface area contributed by atoms with Crippen molar-refractivity contribution >= 4 is 35.0 Å². The SMILES string of the molecule is O=C(CN1C(=O)C(=O)N(CCc2cccs2)C1=O)c1ccc2c(c1)CCC2. The minimum absolute atomic E-state index is 0.132. The Bertz CT molecular complexity index is 935. The van der Waals surface area contributed by atoms with Gasteiger partial charge in [-0.1, -0.05) is 18.2 Å². The molecular weight excluding hydrogens is 364 g/mol. The lowest BCUT2D eigenvalue weighted by Crippen LogP contribution is -2.37. The zero-order valence-corrected chi connectivity index (χ0v) is 15.5. The van der Waals surface area contributed by atoms with Crippen molar-refractivity contribution in [1.29, 1.82) is 0 Å². The Morgan fingerprint density at radius 3 is 2.56 bits per heavy atom. The number of rotatable bonds is 6. The first-order chi connectivity index (χ1) is 13.0. The smallest absolute Gasteiger partial charge is 0.292 e. The summed E-state index contributed by atoms with van der Waals surface area (Å²) in [5, 5.41) is 1.91. The van der Waals surface area contributed by atoms with Gasteiger partial charge >= 0.3 is 17.8 Å². The van der Waals surface area contributed by atoms with Gasteiger partial charge in [-0.25, -0.2) is 9.69 Å². The number of Topliss-reactive ketones (excluding diaryl/α,β-unsaturated/α-hetero) is 1. The topological polar surface area (TPSA) is 74.8 Å². The molecule has 4 rings (SSSR count). The van der Waals surface area contributed by atoms with Crippen molar-refractivity contribution in [2.24, 2.45) is 0 Å². The zero-order valence-electron chi connectivity index (χ0n) is 14.6. The van der Waals surface area contributed by atoms with Gasteiger partial charge in [0.05, 0.1) is 6.54 Å². The van der Waals surface area contributed by atoms with Crippen molar-refractivity contribution in [3.63, 3.8) is 0 Å². The highest BCUT2D eigenvalue weighted by Gasteiger charge is 2.44. The minimum atomic E-state index is -0.930. The van der Waals surface area contributed by atoms with Crippen molar-refractivity contribution in [2.45, 2.75) is 25.7 Å². The number of hydrogen-bond acceptors (Lipinski definition) is 5. The van der Waals surface area contributed by atoms with Crippen LogP contribution in [0.5, 0.6) is 0 Å². The number of benzene rings is 1. The molecule has 4 amide bonds. The van der Waals surface area contributed by atoms with E-state index < -0.39 is 24.4 Å². The molecule has 138 valence electrons. The van der Waals surface area contributed by atoms with Gasteiger partial charge in [0, 0.05) is 23.4 Å². The third-order valence-corrected chi connectivity index (χ3v) is 5.96. The molecule has 0 bridgehead atoms. The number of carbonyl (C=O) groups excluding carboxylic acids is 4. The highest BCUT2D eigenvalue weighted by Crippen LogP contribution is 2.23. The van der Waals surface area contributed by atoms with Crippen LogP contribution < -0.4 is 0 Å². The molecule has 1 aliphatic heterocycles. The first-order valence-corrected chi connectivity index (χ1v) is 9.77. The summed E-state index contributed by atoms with van der Waals surface area (Å²) >= 11 is 1.53. The Hall–Kier alpha value is -2.80. The lowest BCUT2D eigenvalue weighted by Gasteiger charge is -2.15. The van der Waals surface area contributed by atoms with Gasteiger partial charge in [-0.05, 0) is 47.9 Å². The summed E-state index contributed by atoms with van der Waals surface area (Å²) in [4.78, 5) is 52.2. The Morgan fingerprint density at radius 2 is 1.78 bits per heavy atom. The number of carbonyl (C=O) groups is 4. The minimum Gasteiger partial charge on any atom is -0.292 e. The van der Waals surface area contributed by atoms with Crippen LogP contribution in [0.25, 0.3) is 0 Å². The monoisotopic (exact) mass is 382 g/mol. The van der Waals surface area contributed by atoms with Gasteiger partial charge in [-0.3, -0.25) is 19.3 Å². The number of fused-ring (bicyclic) bond motifs is 1. The molecule has 2 aliphatic rings. The van der Waals surface area contributed by atoms with Crippen LogP contribution in [0.4, 0.5) is 4.79 Å². The molecule has 7 heteroatoms.